The average Bonchev–Trinajstić information content (AvgIpc) is 3.19. The molecule has 1 aliphatic heterocycles. The molecule has 1 aliphatic rings. The van der Waals surface area contributed by atoms with Gasteiger partial charge in [0.05, 0.1) is 43.6 Å². The molecular weight excluding hydrogens is 296 g/mol. The average molecular weight is 320 g/mol. The summed E-state index contributed by atoms with van der Waals surface area (Å²) >= 11 is 0. The van der Waals surface area contributed by atoms with Crippen LogP contribution in [0.1, 0.15) is 32.3 Å². The van der Waals surface area contributed by atoms with E-state index < -0.39 is 6.10 Å². The number of aromatic nitrogens is 5. The van der Waals surface area contributed by atoms with Crippen LogP contribution in [0.25, 0.3) is 0 Å². The molecule has 3 rings (SSSR count). The fraction of sp³-hybridized carbons (Fsp3) is 0.667. The zero-order valence-corrected chi connectivity index (χ0v) is 13.7. The quantitative estimate of drug-likeness (QED) is 0.728. The highest BCUT2D eigenvalue weighted by Gasteiger charge is 2.36. The van der Waals surface area contributed by atoms with Crippen LogP contribution >= 0.6 is 0 Å². The van der Waals surface area contributed by atoms with Crippen LogP contribution in [0.4, 0.5) is 0 Å². The molecular formula is C15H24N6O2. The van der Waals surface area contributed by atoms with E-state index in [1.54, 1.807) is 17.1 Å². The van der Waals surface area contributed by atoms with Gasteiger partial charge in [0.25, 0.3) is 0 Å². The van der Waals surface area contributed by atoms with Crippen molar-refractivity contribution in [1.82, 2.24) is 30.3 Å². The first-order chi connectivity index (χ1) is 10.9. The van der Waals surface area contributed by atoms with Crippen LogP contribution in [0.5, 0.6) is 0 Å². The molecule has 1 fully saturated rings. The molecule has 1 saturated heterocycles. The third-order valence-corrected chi connectivity index (χ3v) is 4.03. The van der Waals surface area contributed by atoms with E-state index in [1.165, 1.54) is 0 Å². The van der Waals surface area contributed by atoms with E-state index in [-0.39, 0.29) is 17.6 Å². The maximum absolute atomic E-state index is 10.1. The van der Waals surface area contributed by atoms with Crippen molar-refractivity contribution in [3.8, 4) is 0 Å². The van der Waals surface area contributed by atoms with Crippen molar-refractivity contribution in [2.75, 3.05) is 6.61 Å². The molecule has 3 heterocycles. The summed E-state index contributed by atoms with van der Waals surface area (Å²) in [4.78, 5) is 7.21. The number of H-pyrrole nitrogens is 1. The standard InChI is InChI=1S/C15H24N6O2/c1-15(2,3)12-8-21(20-19-12)7-11-14(10(22)9-23-11)18-6-13-16-4-5-17-13/h4-5,8,10-11,14,18,22H,6-7,9H2,1-3H3,(H,16,17)/t10-,11+,14+/m0/s1. The highest BCUT2D eigenvalue weighted by molar-refractivity contribution is 5.06. The highest BCUT2D eigenvalue weighted by Crippen LogP contribution is 2.20. The minimum atomic E-state index is -0.541. The van der Waals surface area contributed by atoms with Crippen LogP contribution in [0.2, 0.25) is 0 Å². The smallest absolute Gasteiger partial charge is 0.120 e. The third kappa shape index (κ3) is 3.77. The van der Waals surface area contributed by atoms with Crippen LogP contribution in [-0.2, 0) is 23.2 Å². The lowest BCUT2D eigenvalue weighted by atomic mass is 9.93. The lowest BCUT2D eigenvalue weighted by molar-refractivity contribution is 0.0741. The Morgan fingerprint density at radius 1 is 1.48 bits per heavy atom. The Kier molecular flexibility index (Phi) is 4.47. The van der Waals surface area contributed by atoms with Crippen LogP contribution < -0.4 is 5.32 Å². The number of hydrogen-bond acceptors (Lipinski definition) is 6. The Hall–Kier alpha value is -1.77. The molecule has 0 unspecified atom stereocenters. The minimum absolute atomic E-state index is 0.0365. The number of imidazole rings is 1. The molecule has 3 atom stereocenters. The van der Waals surface area contributed by atoms with Crippen LogP contribution in [-0.4, -0.2) is 54.9 Å². The van der Waals surface area contributed by atoms with E-state index in [0.29, 0.717) is 19.7 Å². The topological polar surface area (TPSA) is 101 Å². The monoisotopic (exact) mass is 320 g/mol. The minimum Gasteiger partial charge on any atom is -0.389 e. The van der Waals surface area contributed by atoms with Gasteiger partial charge in [-0.1, -0.05) is 26.0 Å². The summed E-state index contributed by atoms with van der Waals surface area (Å²) in [6.45, 7) is 7.73. The van der Waals surface area contributed by atoms with Gasteiger partial charge in [-0.15, -0.1) is 5.10 Å². The predicted molar refractivity (Wildman–Crippen MR) is 83.7 cm³/mol. The number of nitrogens with zero attached hydrogens (tertiary/aromatic N) is 4. The van der Waals surface area contributed by atoms with Gasteiger partial charge in [-0.2, -0.15) is 0 Å². The molecule has 0 amide bonds. The zero-order chi connectivity index (χ0) is 16.4. The molecule has 0 bridgehead atoms. The van der Waals surface area contributed by atoms with Gasteiger partial charge in [0.2, 0.25) is 0 Å². The van der Waals surface area contributed by atoms with Crippen LogP contribution in [0.3, 0.4) is 0 Å². The number of ether oxygens (including phenoxy) is 1. The Morgan fingerprint density at radius 3 is 2.96 bits per heavy atom. The van der Waals surface area contributed by atoms with Crippen molar-refractivity contribution < 1.29 is 9.84 Å². The Labute approximate surface area is 135 Å². The maximum Gasteiger partial charge on any atom is 0.120 e. The Morgan fingerprint density at radius 2 is 2.30 bits per heavy atom. The summed E-state index contributed by atoms with van der Waals surface area (Å²) in [6, 6.07) is -0.164. The lowest BCUT2D eigenvalue weighted by Crippen LogP contribution is -2.45. The van der Waals surface area contributed by atoms with Gasteiger partial charge in [-0.25, -0.2) is 9.67 Å². The molecule has 8 nitrogen and oxygen atoms in total. The summed E-state index contributed by atoms with van der Waals surface area (Å²) in [6.07, 6.45) is 4.73. The molecule has 2 aromatic heterocycles. The number of rotatable bonds is 5. The molecule has 0 aromatic carbocycles. The van der Waals surface area contributed by atoms with Gasteiger partial charge in [0.15, 0.2) is 0 Å². The van der Waals surface area contributed by atoms with Crippen molar-refractivity contribution in [1.29, 1.82) is 0 Å². The Bertz CT molecular complexity index is 618. The normalized spacial score (nSPS) is 25.1. The van der Waals surface area contributed by atoms with E-state index >= 15 is 0 Å². The summed E-state index contributed by atoms with van der Waals surface area (Å²) < 4.78 is 7.50. The number of nitrogens with one attached hydrogen (secondary N) is 2. The molecule has 0 saturated carbocycles. The number of hydrogen-bond donors (Lipinski definition) is 3. The fourth-order valence-electron chi connectivity index (χ4n) is 2.64. The van der Waals surface area contributed by atoms with Crippen molar-refractivity contribution in [2.24, 2.45) is 0 Å². The number of aromatic amines is 1. The first-order valence-corrected chi connectivity index (χ1v) is 7.85. The van der Waals surface area contributed by atoms with E-state index in [2.05, 4.69) is 46.4 Å². The van der Waals surface area contributed by atoms with Gasteiger partial charge in [-0.05, 0) is 0 Å². The third-order valence-electron chi connectivity index (χ3n) is 4.03. The van der Waals surface area contributed by atoms with Crippen LogP contribution in [0.15, 0.2) is 18.6 Å². The highest BCUT2D eigenvalue weighted by atomic mass is 16.5. The van der Waals surface area contributed by atoms with Crippen molar-refractivity contribution in [2.45, 2.75) is 57.5 Å². The number of aliphatic hydroxyl groups is 1. The lowest BCUT2D eigenvalue weighted by Gasteiger charge is -2.21. The maximum atomic E-state index is 10.1. The SMILES string of the molecule is CC(C)(C)c1cn(C[C@H]2OC[C@H](O)[C@H]2NCc2ncc[nH]2)nn1. The van der Waals surface area contributed by atoms with E-state index in [1.807, 2.05) is 6.20 Å². The largest absolute Gasteiger partial charge is 0.389 e. The molecule has 8 heteroatoms. The summed E-state index contributed by atoms with van der Waals surface area (Å²) in [5, 5.41) is 21.8. The Balaban J connectivity index is 1.62. The molecule has 3 N–H and O–H groups in total. The zero-order valence-electron chi connectivity index (χ0n) is 13.7. The summed E-state index contributed by atoms with van der Waals surface area (Å²) in [7, 11) is 0. The number of aliphatic hydroxyl groups excluding tert-OH is 1. The van der Waals surface area contributed by atoms with Crippen LogP contribution in [0, 0.1) is 0 Å². The molecule has 2 aromatic rings. The van der Waals surface area contributed by atoms with E-state index in [0.717, 1.165) is 11.5 Å². The second kappa shape index (κ2) is 6.38. The van der Waals surface area contributed by atoms with Gasteiger partial charge >= 0.3 is 0 Å². The van der Waals surface area contributed by atoms with Crippen molar-refractivity contribution >= 4 is 0 Å². The molecule has 0 spiro atoms. The fourth-order valence-corrected chi connectivity index (χ4v) is 2.64. The molecule has 0 radical (unpaired) electrons. The first kappa shape index (κ1) is 16.1. The molecule has 23 heavy (non-hydrogen) atoms. The molecule has 126 valence electrons. The van der Waals surface area contributed by atoms with Crippen molar-refractivity contribution in [3.05, 3.63) is 30.1 Å². The summed E-state index contributed by atoms with van der Waals surface area (Å²) in [5.74, 6) is 0.832. The second-order valence-corrected chi connectivity index (χ2v) is 6.96. The predicted octanol–water partition coefficient (Wildman–Crippen LogP) is 0.217. The van der Waals surface area contributed by atoms with E-state index in [9.17, 15) is 5.11 Å². The first-order valence-electron chi connectivity index (χ1n) is 7.85. The van der Waals surface area contributed by atoms with Gasteiger partial charge in [0, 0.05) is 24.0 Å². The van der Waals surface area contributed by atoms with Gasteiger partial charge in [-0.3, -0.25) is 0 Å². The van der Waals surface area contributed by atoms with E-state index in [4.69, 9.17) is 4.74 Å². The van der Waals surface area contributed by atoms with Gasteiger partial charge < -0.3 is 20.1 Å². The van der Waals surface area contributed by atoms with Crippen molar-refractivity contribution in [3.63, 3.8) is 0 Å². The molecule has 0 aliphatic carbocycles. The second-order valence-electron chi connectivity index (χ2n) is 6.96. The van der Waals surface area contributed by atoms with Gasteiger partial charge in [0.1, 0.15) is 5.82 Å². The summed E-state index contributed by atoms with van der Waals surface area (Å²) in [5.41, 5.74) is 0.904.